The van der Waals surface area contributed by atoms with Crippen molar-refractivity contribution < 1.29 is 4.74 Å². The van der Waals surface area contributed by atoms with Crippen LogP contribution in [0.1, 0.15) is 31.2 Å². The number of hydrogen-bond acceptors (Lipinski definition) is 3. The maximum absolute atomic E-state index is 5.80. The molecule has 1 aliphatic heterocycles. The van der Waals surface area contributed by atoms with Gasteiger partial charge in [0.25, 0.3) is 0 Å². The van der Waals surface area contributed by atoms with Gasteiger partial charge in [-0.25, -0.2) is 0 Å². The minimum Gasteiger partial charge on any atom is -0.375 e. The smallest absolute Gasteiger partial charge is 0.0896 e. The van der Waals surface area contributed by atoms with E-state index in [4.69, 9.17) is 4.74 Å². The third-order valence-corrected chi connectivity index (χ3v) is 4.56. The Kier molecular flexibility index (Phi) is 5.21. The molecule has 102 valence electrons. The van der Waals surface area contributed by atoms with Crippen LogP contribution < -0.4 is 5.32 Å². The maximum Gasteiger partial charge on any atom is 0.0896 e. The molecule has 0 amide bonds. The number of hydrogen-bond donors (Lipinski definition) is 1. The van der Waals surface area contributed by atoms with Gasteiger partial charge in [0, 0.05) is 13.2 Å². The Labute approximate surface area is 117 Å². The van der Waals surface area contributed by atoms with E-state index in [1.165, 1.54) is 6.42 Å². The molecule has 4 nitrogen and oxygen atoms in total. The fourth-order valence-electron chi connectivity index (χ4n) is 2.39. The Morgan fingerprint density at radius 1 is 1.56 bits per heavy atom. The van der Waals surface area contributed by atoms with Crippen LogP contribution in [0.15, 0.2) is 4.47 Å². The molecule has 0 saturated carbocycles. The predicted molar refractivity (Wildman–Crippen MR) is 75.6 cm³/mol. The predicted octanol–water partition coefficient (Wildman–Crippen LogP) is 2.49. The molecule has 1 N–H and O–H groups in total. The summed E-state index contributed by atoms with van der Waals surface area (Å²) in [7, 11) is 0. The Hall–Kier alpha value is -0.390. The quantitative estimate of drug-likeness (QED) is 0.820. The number of ether oxygens (including phenoxy) is 1. The Balaban J connectivity index is 1.78. The lowest BCUT2D eigenvalue weighted by molar-refractivity contribution is 0.103. The summed E-state index contributed by atoms with van der Waals surface area (Å²) in [5.74, 6) is 0.797. The van der Waals surface area contributed by atoms with Crippen molar-refractivity contribution in [1.82, 2.24) is 15.1 Å². The third kappa shape index (κ3) is 3.33. The summed E-state index contributed by atoms with van der Waals surface area (Å²) in [6.45, 7) is 8.81. The van der Waals surface area contributed by atoms with Crippen LogP contribution in [0.5, 0.6) is 0 Å². The summed E-state index contributed by atoms with van der Waals surface area (Å²) < 4.78 is 8.90. The fraction of sp³-hybridized carbons (Fsp3) is 0.769. The van der Waals surface area contributed by atoms with Crippen LogP contribution in [0.4, 0.5) is 0 Å². The number of nitrogens with one attached hydrogen (secondary N) is 1. The van der Waals surface area contributed by atoms with Crippen molar-refractivity contribution in [2.24, 2.45) is 5.92 Å². The molecule has 1 fully saturated rings. The molecule has 1 saturated heterocycles. The van der Waals surface area contributed by atoms with Crippen molar-refractivity contribution in [3.63, 3.8) is 0 Å². The molecular weight excluding hydrogens is 294 g/mol. The lowest BCUT2D eigenvalue weighted by atomic mass is 10.1. The number of halogens is 1. The van der Waals surface area contributed by atoms with Gasteiger partial charge in [-0.3, -0.25) is 4.68 Å². The number of nitrogens with zero attached hydrogens (tertiary/aromatic N) is 2. The zero-order valence-corrected chi connectivity index (χ0v) is 12.8. The molecule has 0 spiro atoms. The molecule has 18 heavy (non-hydrogen) atoms. The second-order valence-corrected chi connectivity index (χ2v) is 5.65. The molecule has 0 radical (unpaired) electrons. The monoisotopic (exact) mass is 315 g/mol. The van der Waals surface area contributed by atoms with Crippen LogP contribution in [0.25, 0.3) is 0 Å². The van der Waals surface area contributed by atoms with Gasteiger partial charge in [0.15, 0.2) is 0 Å². The fourth-order valence-corrected chi connectivity index (χ4v) is 2.79. The SMILES string of the molecule is CCn1nc(C)c(Br)c1COCCC1CCNC1. The first-order chi connectivity index (χ1) is 8.72. The van der Waals surface area contributed by atoms with Crippen LogP contribution in [0.3, 0.4) is 0 Å². The zero-order valence-electron chi connectivity index (χ0n) is 11.2. The van der Waals surface area contributed by atoms with E-state index in [0.29, 0.717) is 6.61 Å². The number of aryl methyl sites for hydroxylation is 2. The van der Waals surface area contributed by atoms with Crippen LogP contribution in [-0.4, -0.2) is 29.5 Å². The van der Waals surface area contributed by atoms with Gasteiger partial charge < -0.3 is 10.1 Å². The van der Waals surface area contributed by atoms with E-state index >= 15 is 0 Å². The molecule has 2 heterocycles. The van der Waals surface area contributed by atoms with Crippen LogP contribution >= 0.6 is 15.9 Å². The Morgan fingerprint density at radius 2 is 2.39 bits per heavy atom. The molecule has 2 rings (SSSR count). The molecule has 1 aliphatic rings. The lowest BCUT2D eigenvalue weighted by Gasteiger charge is -2.10. The molecule has 0 aliphatic carbocycles. The molecule has 1 aromatic heterocycles. The van der Waals surface area contributed by atoms with E-state index in [9.17, 15) is 0 Å². The van der Waals surface area contributed by atoms with E-state index in [2.05, 4.69) is 33.3 Å². The second kappa shape index (κ2) is 6.68. The zero-order chi connectivity index (χ0) is 13.0. The van der Waals surface area contributed by atoms with Crippen LogP contribution in [-0.2, 0) is 17.9 Å². The lowest BCUT2D eigenvalue weighted by Crippen LogP contribution is -2.11. The van der Waals surface area contributed by atoms with Crippen LogP contribution in [0, 0.1) is 12.8 Å². The average Bonchev–Trinajstić information content (AvgIpc) is 2.96. The standard InChI is InChI=1S/C13H22BrN3O/c1-3-17-12(13(14)10(2)16-17)9-18-7-5-11-4-6-15-8-11/h11,15H,3-9H2,1-2H3. The molecule has 1 aromatic rings. The van der Waals surface area contributed by atoms with E-state index in [1.807, 2.05) is 11.6 Å². The largest absolute Gasteiger partial charge is 0.375 e. The van der Waals surface area contributed by atoms with Crippen molar-refractivity contribution in [2.45, 2.75) is 39.8 Å². The van der Waals surface area contributed by atoms with Gasteiger partial charge in [0.05, 0.1) is 22.5 Å². The average molecular weight is 316 g/mol. The van der Waals surface area contributed by atoms with Gasteiger partial charge >= 0.3 is 0 Å². The van der Waals surface area contributed by atoms with Crippen molar-refractivity contribution in [2.75, 3.05) is 19.7 Å². The minimum absolute atomic E-state index is 0.648. The number of aromatic nitrogens is 2. The van der Waals surface area contributed by atoms with Gasteiger partial charge in [-0.2, -0.15) is 5.10 Å². The highest BCUT2D eigenvalue weighted by Gasteiger charge is 2.15. The molecule has 1 unspecified atom stereocenters. The molecule has 0 bridgehead atoms. The van der Waals surface area contributed by atoms with Gasteiger partial charge in [-0.15, -0.1) is 0 Å². The summed E-state index contributed by atoms with van der Waals surface area (Å²) in [4.78, 5) is 0. The van der Waals surface area contributed by atoms with Crippen molar-refractivity contribution in [1.29, 1.82) is 0 Å². The summed E-state index contributed by atoms with van der Waals surface area (Å²) in [5, 5.41) is 7.85. The first kappa shape index (κ1) is 14.0. The molecule has 0 aromatic carbocycles. The van der Waals surface area contributed by atoms with Gasteiger partial charge in [-0.1, -0.05) is 0 Å². The first-order valence-electron chi connectivity index (χ1n) is 6.72. The highest BCUT2D eigenvalue weighted by molar-refractivity contribution is 9.10. The Morgan fingerprint density at radius 3 is 3.06 bits per heavy atom. The first-order valence-corrected chi connectivity index (χ1v) is 7.52. The summed E-state index contributed by atoms with van der Waals surface area (Å²) in [6, 6.07) is 0. The third-order valence-electron chi connectivity index (χ3n) is 3.52. The van der Waals surface area contributed by atoms with Gasteiger partial charge in [0.1, 0.15) is 0 Å². The Bertz CT molecular complexity index is 386. The summed E-state index contributed by atoms with van der Waals surface area (Å²) in [5.41, 5.74) is 2.19. The van der Waals surface area contributed by atoms with Gasteiger partial charge in [-0.05, 0) is 61.6 Å². The second-order valence-electron chi connectivity index (χ2n) is 4.86. The summed E-state index contributed by atoms with van der Waals surface area (Å²) in [6.07, 6.45) is 2.45. The summed E-state index contributed by atoms with van der Waals surface area (Å²) >= 11 is 3.59. The van der Waals surface area contributed by atoms with Crippen molar-refractivity contribution in [3.05, 3.63) is 15.9 Å². The van der Waals surface area contributed by atoms with Crippen LogP contribution in [0.2, 0.25) is 0 Å². The van der Waals surface area contributed by atoms with Crippen molar-refractivity contribution in [3.8, 4) is 0 Å². The van der Waals surface area contributed by atoms with E-state index < -0.39 is 0 Å². The van der Waals surface area contributed by atoms with Crippen molar-refractivity contribution >= 4 is 15.9 Å². The van der Waals surface area contributed by atoms with Gasteiger partial charge in [0.2, 0.25) is 0 Å². The van der Waals surface area contributed by atoms with E-state index in [1.54, 1.807) is 0 Å². The molecule has 5 heteroatoms. The molecule has 1 atom stereocenters. The highest BCUT2D eigenvalue weighted by Crippen LogP contribution is 2.22. The minimum atomic E-state index is 0.648. The highest BCUT2D eigenvalue weighted by atomic mass is 79.9. The normalized spacial score (nSPS) is 19.6. The number of rotatable bonds is 6. The van der Waals surface area contributed by atoms with E-state index in [-0.39, 0.29) is 0 Å². The maximum atomic E-state index is 5.80. The van der Waals surface area contributed by atoms with E-state index in [0.717, 1.165) is 54.4 Å². The topological polar surface area (TPSA) is 39.1 Å². The molecular formula is C13H22BrN3O.